The van der Waals surface area contributed by atoms with Gasteiger partial charge < -0.3 is 10.2 Å². The summed E-state index contributed by atoms with van der Waals surface area (Å²) in [5.74, 6) is 1.12. The highest BCUT2D eigenvalue weighted by molar-refractivity contribution is 7.92. The fourth-order valence-corrected chi connectivity index (χ4v) is 5.22. The van der Waals surface area contributed by atoms with Crippen LogP contribution in [-0.2, 0) is 10.0 Å². The first-order valence-corrected chi connectivity index (χ1v) is 11.0. The van der Waals surface area contributed by atoms with Gasteiger partial charge in [-0.3, -0.25) is 9.10 Å². The highest BCUT2D eigenvalue weighted by atomic mass is 32.2. The van der Waals surface area contributed by atoms with Crippen molar-refractivity contribution in [3.63, 3.8) is 0 Å². The van der Waals surface area contributed by atoms with Crippen molar-refractivity contribution in [3.8, 4) is 0 Å². The number of carbonyl (C=O) groups is 1. The molecular formula is C21H25N3O3S. The Kier molecular flexibility index (Phi) is 4.89. The van der Waals surface area contributed by atoms with E-state index in [9.17, 15) is 13.2 Å². The van der Waals surface area contributed by atoms with Gasteiger partial charge >= 0.3 is 0 Å². The Morgan fingerprint density at radius 2 is 1.57 bits per heavy atom. The molecule has 0 saturated carbocycles. The summed E-state index contributed by atoms with van der Waals surface area (Å²) in [6.07, 6.45) is 0. The number of rotatable bonds is 4. The first kappa shape index (κ1) is 19.0. The minimum absolute atomic E-state index is 0.0185. The predicted molar refractivity (Wildman–Crippen MR) is 109 cm³/mol. The molecule has 2 aromatic rings. The van der Waals surface area contributed by atoms with Crippen LogP contribution in [0.4, 0.5) is 5.69 Å². The first-order chi connectivity index (χ1) is 13.4. The van der Waals surface area contributed by atoms with Gasteiger partial charge in [0.1, 0.15) is 0 Å². The summed E-state index contributed by atoms with van der Waals surface area (Å²) < 4.78 is 26.9. The minimum atomic E-state index is -3.64. The summed E-state index contributed by atoms with van der Waals surface area (Å²) in [4.78, 5) is 14.9. The zero-order valence-electron chi connectivity index (χ0n) is 16.1. The van der Waals surface area contributed by atoms with Crippen molar-refractivity contribution in [2.45, 2.75) is 11.8 Å². The molecule has 2 fully saturated rings. The van der Waals surface area contributed by atoms with Gasteiger partial charge in [0, 0.05) is 38.8 Å². The van der Waals surface area contributed by atoms with Crippen LogP contribution in [0.15, 0.2) is 53.4 Å². The van der Waals surface area contributed by atoms with Crippen molar-refractivity contribution in [2.75, 3.05) is 37.5 Å². The predicted octanol–water partition coefficient (Wildman–Crippen LogP) is 2.11. The number of sulfonamides is 1. The second kappa shape index (κ2) is 7.22. The molecule has 2 heterocycles. The monoisotopic (exact) mass is 399 g/mol. The maximum Gasteiger partial charge on any atom is 0.264 e. The molecule has 2 atom stereocenters. The van der Waals surface area contributed by atoms with Gasteiger partial charge in [-0.25, -0.2) is 8.42 Å². The van der Waals surface area contributed by atoms with Gasteiger partial charge in [-0.1, -0.05) is 17.7 Å². The van der Waals surface area contributed by atoms with E-state index in [1.807, 2.05) is 11.8 Å². The number of benzene rings is 2. The molecule has 2 aliphatic heterocycles. The number of likely N-dealkylation sites (tertiary alicyclic amines) is 1. The standard InChI is InChI=1S/C21H25N3O3S/c1-15-3-9-20(10-4-15)28(26,27)23(2)19-7-5-16(6-8-19)21(25)24-13-17-11-22-12-18(17)14-24/h3-10,17-18,22H,11-14H2,1-2H3/t17-,18+. The Morgan fingerprint density at radius 3 is 2.14 bits per heavy atom. The van der Waals surface area contributed by atoms with Crippen LogP contribution in [0.25, 0.3) is 0 Å². The van der Waals surface area contributed by atoms with E-state index in [1.54, 1.807) is 48.5 Å². The molecule has 0 radical (unpaired) electrons. The van der Waals surface area contributed by atoms with E-state index < -0.39 is 10.0 Å². The third-order valence-electron chi connectivity index (χ3n) is 5.83. The van der Waals surface area contributed by atoms with Gasteiger partial charge in [-0.15, -0.1) is 0 Å². The molecular weight excluding hydrogens is 374 g/mol. The fraction of sp³-hybridized carbons (Fsp3) is 0.381. The van der Waals surface area contributed by atoms with Crippen molar-refractivity contribution in [1.29, 1.82) is 0 Å². The highest BCUT2D eigenvalue weighted by Crippen LogP contribution is 2.28. The number of carbonyl (C=O) groups excluding carboxylic acids is 1. The number of amides is 1. The first-order valence-electron chi connectivity index (χ1n) is 9.52. The van der Waals surface area contributed by atoms with Gasteiger partial charge in [0.2, 0.25) is 0 Å². The smallest absolute Gasteiger partial charge is 0.264 e. The van der Waals surface area contributed by atoms with Crippen LogP contribution in [0.1, 0.15) is 15.9 Å². The maximum absolute atomic E-state index is 12.8. The van der Waals surface area contributed by atoms with Crippen molar-refractivity contribution < 1.29 is 13.2 Å². The normalized spacial score (nSPS) is 21.6. The molecule has 1 N–H and O–H groups in total. The van der Waals surface area contributed by atoms with Crippen LogP contribution in [-0.4, -0.2) is 52.5 Å². The van der Waals surface area contributed by atoms with E-state index in [2.05, 4.69) is 5.32 Å². The lowest BCUT2D eigenvalue weighted by Gasteiger charge is -2.21. The molecule has 6 nitrogen and oxygen atoms in total. The summed E-state index contributed by atoms with van der Waals surface area (Å²) in [7, 11) is -2.11. The van der Waals surface area contributed by atoms with E-state index in [1.165, 1.54) is 11.4 Å². The van der Waals surface area contributed by atoms with E-state index in [4.69, 9.17) is 0 Å². The van der Waals surface area contributed by atoms with Crippen LogP contribution in [0.5, 0.6) is 0 Å². The number of fused-ring (bicyclic) bond motifs is 1. The van der Waals surface area contributed by atoms with Gasteiger partial charge in [0.15, 0.2) is 0 Å². The maximum atomic E-state index is 12.8. The molecule has 148 valence electrons. The van der Waals surface area contributed by atoms with Crippen molar-refractivity contribution in [3.05, 3.63) is 59.7 Å². The SMILES string of the molecule is Cc1ccc(S(=O)(=O)N(C)c2ccc(C(=O)N3C[C@H]4CNC[C@H]4C3)cc2)cc1. The topological polar surface area (TPSA) is 69.7 Å². The van der Waals surface area contributed by atoms with Gasteiger partial charge in [-0.2, -0.15) is 0 Å². The number of anilines is 1. The quantitative estimate of drug-likeness (QED) is 0.855. The highest BCUT2D eigenvalue weighted by Gasteiger charge is 2.38. The van der Waals surface area contributed by atoms with Gasteiger partial charge in [-0.05, 0) is 55.2 Å². The Balaban J connectivity index is 1.49. The Hall–Kier alpha value is -2.38. The van der Waals surface area contributed by atoms with Crippen LogP contribution in [0.3, 0.4) is 0 Å². The van der Waals surface area contributed by atoms with Crippen LogP contribution in [0, 0.1) is 18.8 Å². The number of hydrogen-bond donors (Lipinski definition) is 1. The van der Waals surface area contributed by atoms with E-state index >= 15 is 0 Å². The Labute approximate surface area is 166 Å². The Bertz CT molecular complexity index is 959. The Morgan fingerprint density at radius 1 is 1.00 bits per heavy atom. The molecule has 0 aromatic heterocycles. The summed E-state index contributed by atoms with van der Waals surface area (Å²) in [5, 5.41) is 3.37. The molecule has 2 saturated heterocycles. The van der Waals surface area contributed by atoms with Crippen molar-refractivity contribution in [1.82, 2.24) is 10.2 Å². The summed E-state index contributed by atoms with van der Waals surface area (Å²) in [5.41, 5.74) is 2.13. The van der Waals surface area contributed by atoms with E-state index in [0.717, 1.165) is 31.7 Å². The van der Waals surface area contributed by atoms with Gasteiger partial charge in [0.25, 0.3) is 15.9 Å². The average Bonchev–Trinajstić information content (AvgIpc) is 3.29. The largest absolute Gasteiger partial charge is 0.338 e. The average molecular weight is 400 g/mol. The fourth-order valence-electron chi connectivity index (χ4n) is 4.02. The molecule has 1 amide bonds. The third-order valence-corrected chi connectivity index (χ3v) is 7.63. The van der Waals surface area contributed by atoms with E-state index in [0.29, 0.717) is 23.1 Å². The molecule has 0 aliphatic carbocycles. The molecule has 28 heavy (non-hydrogen) atoms. The zero-order chi connectivity index (χ0) is 19.9. The lowest BCUT2D eigenvalue weighted by molar-refractivity contribution is 0.0781. The second-order valence-electron chi connectivity index (χ2n) is 7.72. The number of nitrogens with zero attached hydrogens (tertiary/aromatic N) is 2. The van der Waals surface area contributed by atoms with Gasteiger partial charge in [0.05, 0.1) is 10.6 Å². The lowest BCUT2D eigenvalue weighted by atomic mass is 10.0. The summed E-state index contributed by atoms with van der Waals surface area (Å²) in [6.45, 7) is 5.46. The summed E-state index contributed by atoms with van der Waals surface area (Å²) in [6, 6.07) is 13.6. The molecule has 7 heteroatoms. The minimum Gasteiger partial charge on any atom is -0.338 e. The molecule has 0 unspecified atom stereocenters. The van der Waals surface area contributed by atoms with Crippen LogP contribution in [0.2, 0.25) is 0 Å². The second-order valence-corrected chi connectivity index (χ2v) is 9.69. The van der Waals surface area contributed by atoms with Crippen molar-refractivity contribution in [2.24, 2.45) is 11.8 Å². The van der Waals surface area contributed by atoms with E-state index in [-0.39, 0.29) is 10.8 Å². The molecule has 2 aliphatic rings. The number of nitrogens with one attached hydrogen (secondary N) is 1. The zero-order valence-corrected chi connectivity index (χ0v) is 16.9. The summed E-state index contributed by atoms with van der Waals surface area (Å²) >= 11 is 0. The molecule has 2 aromatic carbocycles. The molecule has 0 spiro atoms. The molecule has 0 bridgehead atoms. The number of aryl methyl sites for hydroxylation is 1. The van der Waals surface area contributed by atoms with Crippen molar-refractivity contribution >= 4 is 21.6 Å². The van der Waals surface area contributed by atoms with Crippen LogP contribution >= 0.6 is 0 Å². The molecule has 4 rings (SSSR count). The lowest BCUT2D eigenvalue weighted by Crippen LogP contribution is -2.32. The van der Waals surface area contributed by atoms with Crippen LogP contribution < -0.4 is 9.62 Å². The number of hydrogen-bond acceptors (Lipinski definition) is 4. The third kappa shape index (κ3) is 3.40.